The number of carbonyl (C=O) groups excluding carboxylic acids is 1. The van der Waals surface area contributed by atoms with Crippen molar-refractivity contribution in [1.29, 1.82) is 0 Å². The second-order valence-electron chi connectivity index (χ2n) is 5.89. The Morgan fingerprint density at radius 2 is 2.06 bits per heavy atom. The van der Waals surface area contributed by atoms with Crippen molar-refractivity contribution in [2.75, 3.05) is 6.54 Å². The predicted octanol–water partition coefficient (Wildman–Crippen LogP) is 2.20. The van der Waals surface area contributed by atoms with Gasteiger partial charge in [-0.05, 0) is 38.0 Å². The topological polar surface area (TPSA) is 55.1 Å². The average molecular weight is 238 g/mol. The molecule has 3 heteroatoms. The molecule has 1 unspecified atom stereocenters. The molecule has 2 fully saturated rings. The highest BCUT2D eigenvalue weighted by Gasteiger charge is 2.49. The molecule has 0 aromatic carbocycles. The second kappa shape index (κ2) is 5.38. The monoisotopic (exact) mass is 238 g/mol. The van der Waals surface area contributed by atoms with E-state index in [2.05, 4.69) is 12.2 Å². The molecular weight excluding hydrogens is 212 g/mol. The zero-order chi connectivity index (χ0) is 12.3. The van der Waals surface area contributed by atoms with Crippen molar-refractivity contribution in [3.05, 3.63) is 0 Å². The molecule has 3 N–H and O–H groups in total. The summed E-state index contributed by atoms with van der Waals surface area (Å²) in [6.45, 7) is 2.75. The largest absolute Gasteiger partial charge is 0.351 e. The first kappa shape index (κ1) is 12.9. The molecule has 0 spiro atoms. The van der Waals surface area contributed by atoms with Crippen molar-refractivity contribution in [3.8, 4) is 0 Å². The Morgan fingerprint density at radius 3 is 2.53 bits per heavy atom. The minimum atomic E-state index is -0.0131. The van der Waals surface area contributed by atoms with Gasteiger partial charge in [-0.2, -0.15) is 0 Å². The fourth-order valence-electron chi connectivity index (χ4n) is 3.27. The number of amides is 1. The van der Waals surface area contributed by atoms with Crippen LogP contribution in [0, 0.1) is 11.3 Å². The van der Waals surface area contributed by atoms with E-state index in [9.17, 15) is 4.79 Å². The molecule has 0 saturated heterocycles. The maximum Gasteiger partial charge on any atom is 0.226 e. The van der Waals surface area contributed by atoms with E-state index in [-0.39, 0.29) is 17.4 Å². The van der Waals surface area contributed by atoms with Crippen LogP contribution in [-0.2, 0) is 4.79 Å². The predicted molar refractivity (Wildman–Crippen MR) is 69.5 cm³/mol. The molecule has 0 aromatic rings. The van der Waals surface area contributed by atoms with Gasteiger partial charge in [-0.15, -0.1) is 0 Å². The zero-order valence-electron chi connectivity index (χ0n) is 11.0. The average Bonchev–Trinajstić information content (AvgIpc) is 2.92. The second-order valence-corrected chi connectivity index (χ2v) is 5.89. The van der Waals surface area contributed by atoms with E-state index in [0.717, 1.165) is 25.7 Å². The fraction of sp³-hybridized carbons (Fsp3) is 0.929. The Labute approximate surface area is 105 Å². The summed E-state index contributed by atoms with van der Waals surface area (Å²) in [5.41, 5.74) is 5.81. The number of hydrogen-bond donors (Lipinski definition) is 2. The van der Waals surface area contributed by atoms with Crippen molar-refractivity contribution in [2.45, 2.75) is 64.3 Å². The van der Waals surface area contributed by atoms with Gasteiger partial charge in [0.2, 0.25) is 5.91 Å². The highest BCUT2D eigenvalue weighted by molar-refractivity contribution is 5.85. The lowest BCUT2D eigenvalue weighted by atomic mass is 9.95. The number of rotatable bonds is 6. The third kappa shape index (κ3) is 2.82. The summed E-state index contributed by atoms with van der Waals surface area (Å²) >= 11 is 0. The van der Waals surface area contributed by atoms with Crippen molar-refractivity contribution >= 4 is 5.91 Å². The molecule has 17 heavy (non-hydrogen) atoms. The van der Waals surface area contributed by atoms with Crippen LogP contribution < -0.4 is 11.1 Å². The van der Waals surface area contributed by atoms with Crippen LogP contribution in [0.3, 0.4) is 0 Å². The van der Waals surface area contributed by atoms with E-state index in [1.165, 1.54) is 25.7 Å². The summed E-state index contributed by atoms with van der Waals surface area (Å²) in [5, 5.41) is 3.23. The molecular formula is C14H26N2O. The summed E-state index contributed by atoms with van der Waals surface area (Å²) in [4.78, 5) is 12.3. The molecule has 98 valence electrons. The van der Waals surface area contributed by atoms with Gasteiger partial charge in [0, 0.05) is 18.0 Å². The number of carbonyl (C=O) groups is 1. The van der Waals surface area contributed by atoms with Crippen molar-refractivity contribution in [1.82, 2.24) is 5.32 Å². The van der Waals surface area contributed by atoms with E-state index in [4.69, 9.17) is 5.73 Å². The van der Waals surface area contributed by atoms with Crippen LogP contribution in [0.5, 0.6) is 0 Å². The molecule has 2 aliphatic rings. The molecule has 0 radical (unpaired) electrons. The van der Waals surface area contributed by atoms with Crippen LogP contribution in [0.2, 0.25) is 0 Å². The van der Waals surface area contributed by atoms with Gasteiger partial charge < -0.3 is 11.1 Å². The minimum Gasteiger partial charge on any atom is -0.351 e. The Morgan fingerprint density at radius 1 is 1.41 bits per heavy atom. The van der Waals surface area contributed by atoms with Gasteiger partial charge in [-0.25, -0.2) is 0 Å². The number of nitrogens with two attached hydrogens (primary N) is 1. The summed E-state index contributed by atoms with van der Waals surface area (Å²) in [6, 6.07) is 0.222. The van der Waals surface area contributed by atoms with Gasteiger partial charge in [0.1, 0.15) is 0 Å². The van der Waals surface area contributed by atoms with Crippen LogP contribution in [0.4, 0.5) is 0 Å². The Bertz CT molecular complexity index is 267. The molecule has 1 atom stereocenters. The third-order valence-electron chi connectivity index (χ3n) is 4.60. The summed E-state index contributed by atoms with van der Waals surface area (Å²) in [7, 11) is 0. The Kier molecular flexibility index (Phi) is 4.08. The van der Waals surface area contributed by atoms with E-state index < -0.39 is 0 Å². The van der Waals surface area contributed by atoms with Gasteiger partial charge >= 0.3 is 0 Å². The third-order valence-corrected chi connectivity index (χ3v) is 4.60. The maximum atomic E-state index is 12.3. The normalized spacial score (nSPS) is 24.6. The molecule has 2 rings (SSSR count). The molecule has 0 bridgehead atoms. The molecule has 0 aliphatic heterocycles. The Hall–Kier alpha value is -0.570. The van der Waals surface area contributed by atoms with Crippen LogP contribution in [-0.4, -0.2) is 18.5 Å². The van der Waals surface area contributed by atoms with Gasteiger partial charge in [0.25, 0.3) is 0 Å². The van der Waals surface area contributed by atoms with Crippen molar-refractivity contribution < 1.29 is 4.79 Å². The van der Waals surface area contributed by atoms with E-state index >= 15 is 0 Å². The van der Waals surface area contributed by atoms with E-state index in [1.54, 1.807) is 0 Å². The van der Waals surface area contributed by atoms with Gasteiger partial charge in [-0.3, -0.25) is 4.79 Å². The summed E-state index contributed by atoms with van der Waals surface area (Å²) < 4.78 is 0. The van der Waals surface area contributed by atoms with Crippen LogP contribution >= 0.6 is 0 Å². The maximum absolute atomic E-state index is 12.3. The molecule has 0 heterocycles. The first-order chi connectivity index (χ1) is 8.22. The zero-order valence-corrected chi connectivity index (χ0v) is 11.0. The van der Waals surface area contributed by atoms with Crippen LogP contribution in [0.1, 0.15) is 58.3 Å². The highest BCUT2D eigenvalue weighted by atomic mass is 16.2. The molecule has 2 aliphatic carbocycles. The van der Waals surface area contributed by atoms with Crippen LogP contribution in [0.15, 0.2) is 0 Å². The minimum absolute atomic E-state index is 0.0131. The standard InChI is InChI=1S/C14H26N2O/c1-2-7-14(8-9-14)13(17)16-12(10-15)11-5-3-4-6-11/h11-12H,2-10,15H2,1H3,(H,16,17). The summed E-state index contributed by atoms with van der Waals surface area (Å²) in [6.07, 6.45) is 9.38. The number of nitrogens with one attached hydrogen (secondary N) is 1. The van der Waals surface area contributed by atoms with Gasteiger partial charge in [-0.1, -0.05) is 26.2 Å². The SMILES string of the molecule is CCCC1(C(=O)NC(CN)C2CCCC2)CC1. The lowest BCUT2D eigenvalue weighted by Crippen LogP contribution is -2.47. The molecule has 3 nitrogen and oxygen atoms in total. The number of hydrogen-bond acceptors (Lipinski definition) is 2. The van der Waals surface area contributed by atoms with E-state index in [0.29, 0.717) is 12.5 Å². The van der Waals surface area contributed by atoms with Crippen LogP contribution in [0.25, 0.3) is 0 Å². The quantitative estimate of drug-likeness (QED) is 0.745. The van der Waals surface area contributed by atoms with E-state index in [1.807, 2.05) is 0 Å². The molecule has 1 amide bonds. The van der Waals surface area contributed by atoms with Crippen molar-refractivity contribution in [3.63, 3.8) is 0 Å². The highest BCUT2D eigenvalue weighted by Crippen LogP contribution is 2.50. The lowest BCUT2D eigenvalue weighted by Gasteiger charge is -2.25. The van der Waals surface area contributed by atoms with Gasteiger partial charge in [0.15, 0.2) is 0 Å². The smallest absolute Gasteiger partial charge is 0.226 e. The summed E-state index contributed by atoms with van der Waals surface area (Å²) in [5.74, 6) is 0.906. The first-order valence-electron chi connectivity index (χ1n) is 7.23. The first-order valence-corrected chi connectivity index (χ1v) is 7.23. The lowest BCUT2D eigenvalue weighted by molar-refractivity contribution is -0.127. The fourth-order valence-corrected chi connectivity index (χ4v) is 3.27. The van der Waals surface area contributed by atoms with Crippen molar-refractivity contribution in [2.24, 2.45) is 17.1 Å². The van der Waals surface area contributed by atoms with Gasteiger partial charge in [0.05, 0.1) is 0 Å². The molecule has 0 aromatic heterocycles. The Balaban J connectivity index is 1.87. The molecule has 2 saturated carbocycles.